The van der Waals surface area contributed by atoms with Gasteiger partial charge in [-0.1, -0.05) is 313 Å². The van der Waals surface area contributed by atoms with E-state index < -0.39 is 0 Å². The first-order chi connectivity index (χ1) is 53.1. The molecular weight excluding hydrogens is 1410 g/mol. The van der Waals surface area contributed by atoms with Crippen molar-refractivity contribution in [2.24, 2.45) is 0 Å². The average molecular weight is 1480 g/mol. The van der Waals surface area contributed by atoms with E-state index in [-0.39, 0.29) is 20.4 Å². The van der Waals surface area contributed by atoms with Crippen LogP contribution in [0.3, 0.4) is 0 Å². The molecule has 4 heterocycles. The van der Waals surface area contributed by atoms with Crippen molar-refractivity contribution in [3.8, 4) is 134 Å². The molecule has 5 heteroatoms. The van der Waals surface area contributed by atoms with Crippen LogP contribution >= 0.6 is 0 Å². The molecule has 8 bridgehead atoms. The molecule has 0 saturated heterocycles. The fraction of sp³-hybridized carbons (Fsp3) is 0.0385. The third-order valence-corrected chi connectivity index (χ3v) is 22.6. The molecule has 0 saturated carbocycles. The van der Waals surface area contributed by atoms with E-state index in [4.69, 9.17) is 19.9 Å². The number of hydrogen-bond acceptors (Lipinski definition) is 2. The van der Waals surface area contributed by atoms with Crippen LogP contribution in [0, 0.1) is 27.7 Å². The topological polar surface area (TPSA) is 54.0 Å². The zero-order valence-electron chi connectivity index (χ0n) is 60.4. The van der Waals surface area contributed by atoms with Gasteiger partial charge in [0, 0.05) is 22.3 Å². The molecule has 0 radical (unpaired) electrons. The smallest absolute Gasteiger partial charge is 0.656 e. The number of aryl methyl sites for hydroxylation is 4. The maximum absolute atomic E-state index is 6.39. The number of rotatable bonds is 8. The minimum Gasteiger partial charge on any atom is -0.656 e. The summed E-state index contributed by atoms with van der Waals surface area (Å²) in [5, 5.41) is 12.9. The van der Waals surface area contributed by atoms with E-state index in [1.165, 1.54) is 22.3 Å². The third kappa shape index (κ3) is 11.2. The van der Waals surface area contributed by atoms with Crippen molar-refractivity contribution in [1.82, 2.24) is 19.9 Å². The van der Waals surface area contributed by atoms with E-state index in [0.29, 0.717) is 0 Å². The molecule has 2 aliphatic heterocycles. The van der Waals surface area contributed by atoms with Crippen LogP contribution < -0.4 is 9.97 Å². The summed E-state index contributed by atoms with van der Waals surface area (Å²) in [6, 6.07) is 126. The van der Waals surface area contributed by atoms with E-state index in [9.17, 15) is 0 Å². The van der Waals surface area contributed by atoms with Crippen LogP contribution in [0.1, 0.15) is 22.3 Å². The second kappa shape index (κ2) is 26.1. The molecule has 3 aliphatic rings. The number of benzene rings is 16. The van der Waals surface area contributed by atoms with Gasteiger partial charge in [-0.05, 0) is 230 Å². The predicted octanol–water partition coefficient (Wildman–Crippen LogP) is 27.7. The molecular formula is C104H68N4Pd. The fourth-order valence-electron chi connectivity index (χ4n) is 16.8. The van der Waals surface area contributed by atoms with Crippen molar-refractivity contribution >= 4 is 86.7 Å². The molecule has 16 aromatic carbocycles. The Bertz CT molecular complexity index is 6260. The molecule has 0 atom stereocenters. The van der Waals surface area contributed by atoms with Crippen molar-refractivity contribution in [3.05, 3.63) is 362 Å². The van der Waals surface area contributed by atoms with Crippen molar-refractivity contribution in [3.63, 3.8) is 0 Å². The summed E-state index contributed by atoms with van der Waals surface area (Å²) in [7, 11) is 0. The van der Waals surface area contributed by atoms with Gasteiger partial charge in [0.05, 0.1) is 22.8 Å². The molecule has 18 aromatic rings. The molecule has 109 heavy (non-hydrogen) atoms. The largest absolute Gasteiger partial charge is 2.00 e. The molecule has 4 nitrogen and oxygen atoms in total. The normalized spacial score (nSPS) is 11.8. The van der Waals surface area contributed by atoms with Crippen LogP contribution in [0.15, 0.2) is 340 Å². The molecule has 0 unspecified atom stereocenters. The molecule has 0 fully saturated rings. The summed E-state index contributed by atoms with van der Waals surface area (Å²) in [5.41, 5.74) is 32.2. The second-order valence-corrected chi connectivity index (χ2v) is 29.5. The van der Waals surface area contributed by atoms with Crippen molar-refractivity contribution < 1.29 is 20.4 Å². The summed E-state index contributed by atoms with van der Waals surface area (Å²) >= 11 is 0. The van der Waals surface area contributed by atoms with Crippen molar-refractivity contribution in [2.45, 2.75) is 27.7 Å². The quantitative estimate of drug-likeness (QED) is 0.142. The Kier molecular flexibility index (Phi) is 15.7. The summed E-state index contributed by atoms with van der Waals surface area (Å²) < 4.78 is 0. The maximum atomic E-state index is 6.39. The molecule has 0 amide bonds. The van der Waals surface area contributed by atoms with Crippen LogP contribution in [0.5, 0.6) is 0 Å². The van der Waals surface area contributed by atoms with Gasteiger partial charge in [0.2, 0.25) is 0 Å². The molecule has 2 aromatic heterocycles. The van der Waals surface area contributed by atoms with Crippen molar-refractivity contribution in [1.29, 1.82) is 0 Å². The minimum atomic E-state index is 0. The average Bonchev–Trinajstić information content (AvgIpc) is 1.55. The molecule has 0 N–H and O–H groups in total. The number of hydrogen-bond donors (Lipinski definition) is 0. The van der Waals surface area contributed by atoms with Crippen LogP contribution in [0.25, 0.3) is 221 Å². The van der Waals surface area contributed by atoms with Crippen molar-refractivity contribution in [2.75, 3.05) is 0 Å². The van der Waals surface area contributed by atoms with Gasteiger partial charge in [0.1, 0.15) is 0 Å². The Hall–Kier alpha value is -13.1. The van der Waals surface area contributed by atoms with Gasteiger partial charge in [0.25, 0.3) is 0 Å². The second-order valence-electron chi connectivity index (χ2n) is 29.5. The zero-order chi connectivity index (χ0) is 71.8. The Morgan fingerprint density at radius 1 is 0.183 bits per heavy atom. The van der Waals surface area contributed by atoms with Gasteiger partial charge in [-0.3, -0.25) is 0 Å². The molecule has 0 spiro atoms. The zero-order valence-corrected chi connectivity index (χ0v) is 62.0. The monoisotopic (exact) mass is 1480 g/mol. The van der Waals surface area contributed by atoms with E-state index in [1.807, 2.05) is 0 Å². The van der Waals surface area contributed by atoms with Crippen LogP contribution in [-0.4, -0.2) is 9.97 Å². The van der Waals surface area contributed by atoms with Gasteiger partial charge >= 0.3 is 20.4 Å². The van der Waals surface area contributed by atoms with Gasteiger partial charge in [0.15, 0.2) is 0 Å². The Morgan fingerprint density at radius 2 is 0.339 bits per heavy atom. The van der Waals surface area contributed by atoms with E-state index in [2.05, 4.69) is 367 Å². The summed E-state index contributed by atoms with van der Waals surface area (Å²) in [4.78, 5) is 25.6. The molecule has 1 aliphatic carbocycles. The summed E-state index contributed by atoms with van der Waals surface area (Å²) in [6.45, 7) is 8.58. The predicted molar refractivity (Wildman–Crippen MR) is 455 cm³/mol. The van der Waals surface area contributed by atoms with Crippen LogP contribution in [0.4, 0.5) is 0 Å². The fourth-order valence-corrected chi connectivity index (χ4v) is 16.8. The third-order valence-electron chi connectivity index (χ3n) is 22.6. The first kappa shape index (κ1) is 65.4. The maximum Gasteiger partial charge on any atom is 2.00 e. The number of aromatic nitrogens is 4. The van der Waals surface area contributed by atoms with Crippen LogP contribution in [-0.2, 0) is 20.4 Å². The Balaban J connectivity index is 0.00000780. The van der Waals surface area contributed by atoms with E-state index in [0.717, 1.165) is 221 Å². The summed E-state index contributed by atoms with van der Waals surface area (Å²) in [6.07, 6.45) is 0. The molecule has 21 rings (SSSR count). The first-order valence-corrected chi connectivity index (χ1v) is 37.3. The SMILES string of the molecule is Cc1ccc(-c2ccc(-c3c4nc(c(-c5ccc(-c6ccc(C)cc6)cc5)c5[n-]c(c(-c6ccc(-c7ccc(C)cc7)cc6)c6nc(c(-c7ccc(-c8ccc(C)cc8)cc7)c7[n-]c3c3cc8ccccc8cc73)-c3cc7ccccc7cc3-6)c3cc6ccccc6cc53)-c3cc5ccccc5cc3-4)cc2)cc1.[Pd+2]. The molecule has 514 valence electrons. The number of fused-ring (bicyclic) bond motifs is 4. The summed E-state index contributed by atoms with van der Waals surface area (Å²) in [5.74, 6) is 0. The first-order valence-electron chi connectivity index (χ1n) is 37.3. The standard InChI is InChI=1S/C104H68N4.Pd/c1-61-21-29-65(30-22-61)69-37-45-73(46-38-69)93-97-85-53-77-13-5-7-15-79(77)55-87(85)99(105-97)94(74-47-39-70(40-48-74)66-31-23-62(2)24-32-66)101-89-57-81-17-9-11-19-83(81)59-91(89)103(107-101)96(76-51-43-72(44-52-76)68-35-27-64(4)28-36-68)104-92-60-84-20-12-10-18-82(84)58-90(92)102(108-104)95(75-49-41-71(42-50-75)67-33-25-63(3)26-34-67)100-88-56-80-16-8-6-14-78(80)54-86(88)98(93)106-100;/h5-60H,1-4H3;/q-2;+2. The number of nitrogens with zero attached hydrogens (tertiary/aromatic N) is 4. The van der Waals surface area contributed by atoms with E-state index >= 15 is 0 Å². The van der Waals surface area contributed by atoms with Crippen LogP contribution in [0.2, 0.25) is 0 Å². The Morgan fingerprint density at radius 3 is 0.523 bits per heavy atom. The van der Waals surface area contributed by atoms with Gasteiger partial charge in [-0.25, -0.2) is 9.97 Å². The Labute approximate surface area is 646 Å². The van der Waals surface area contributed by atoms with Gasteiger partial charge in [-0.2, -0.15) is 0 Å². The van der Waals surface area contributed by atoms with Gasteiger partial charge in [-0.15, -0.1) is 22.1 Å². The van der Waals surface area contributed by atoms with Gasteiger partial charge < -0.3 is 9.97 Å². The minimum absolute atomic E-state index is 0. The van der Waals surface area contributed by atoms with E-state index in [1.54, 1.807) is 0 Å².